The van der Waals surface area contributed by atoms with Crippen molar-refractivity contribution in [1.29, 1.82) is 0 Å². The number of benzene rings is 1. The summed E-state index contributed by atoms with van der Waals surface area (Å²) in [6.45, 7) is 3.21. The van der Waals surface area contributed by atoms with Crippen LogP contribution in [-0.4, -0.2) is 32.3 Å². The number of hydrogen-bond acceptors (Lipinski definition) is 8. The van der Waals surface area contributed by atoms with Crippen LogP contribution in [0.15, 0.2) is 53.8 Å². The van der Waals surface area contributed by atoms with E-state index >= 15 is 0 Å². The summed E-state index contributed by atoms with van der Waals surface area (Å²) >= 11 is 11.3. The summed E-state index contributed by atoms with van der Waals surface area (Å²) in [6, 6.07) is 12.7. The Kier molecular flexibility index (Phi) is 7.55. The van der Waals surface area contributed by atoms with Gasteiger partial charge < -0.3 is 9.15 Å². The zero-order valence-electron chi connectivity index (χ0n) is 16.7. The molecular weight excluding hydrogens is 445 g/mol. The van der Waals surface area contributed by atoms with Gasteiger partial charge in [0, 0.05) is 18.0 Å². The van der Waals surface area contributed by atoms with Gasteiger partial charge >= 0.3 is 6.72 Å². The van der Waals surface area contributed by atoms with Gasteiger partial charge in [0.05, 0.1) is 18.8 Å². The Morgan fingerprint density at radius 1 is 1.23 bits per heavy atom. The standard InChI is InChI=1S/C19H21ClN5O3PS/c1-4-26-29(30,27-17-8-6-5-7-9-17)28-23-14(2)19-15(3)25(24-22-19)13-16-10-11-18(20)21-12-16/h5-12H,4,13H2,1-3H3/b23-14+. The fraction of sp³-hybridized carbons (Fsp3) is 0.263. The Hall–Kier alpha value is -2.32. The highest BCUT2D eigenvalue weighted by Gasteiger charge is 2.24. The fourth-order valence-corrected chi connectivity index (χ4v) is 4.35. The van der Waals surface area contributed by atoms with Gasteiger partial charge in [0.15, 0.2) is 0 Å². The molecule has 158 valence electrons. The second-order valence-electron chi connectivity index (χ2n) is 6.20. The molecule has 3 rings (SSSR count). The topological polar surface area (TPSA) is 83.7 Å². The lowest BCUT2D eigenvalue weighted by atomic mass is 10.2. The predicted molar refractivity (Wildman–Crippen MR) is 119 cm³/mol. The summed E-state index contributed by atoms with van der Waals surface area (Å²) in [5.41, 5.74) is 2.88. The molecule has 8 nitrogen and oxygen atoms in total. The van der Waals surface area contributed by atoms with Crippen LogP contribution in [0.25, 0.3) is 0 Å². The van der Waals surface area contributed by atoms with Crippen LogP contribution in [0.3, 0.4) is 0 Å². The van der Waals surface area contributed by atoms with Crippen molar-refractivity contribution in [2.75, 3.05) is 6.61 Å². The third-order valence-corrected chi connectivity index (χ3v) is 6.23. The molecule has 1 unspecified atom stereocenters. The molecule has 30 heavy (non-hydrogen) atoms. The van der Waals surface area contributed by atoms with E-state index in [-0.39, 0.29) is 0 Å². The number of pyridine rings is 1. The maximum absolute atomic E-state index is 5.83. The second kappa shape index (κ2) is 10.1. The summed E-state index contributed by atoms with van der Waals surface area (Å²) in [4.78, 5) is 4.08. The number of halogens is 1. The number of para-hydroxylation sites is 1. The Bertz CT molecular complexity index is 1060. The molecule has 2 aromatic heterocycles. The second-order valence-corrected chi connectivity index (χ2v) is 9.43. The van der Waals surface area contributed by atoms with Gasteiger partial charge in [0.1, 0.15) is 22.3 Å². The van der Waals surface area contributed by atoms with E-state index in [0.717, 1.165) is 11.3 Å². The molecule has 0 bridgehead atoms. The molecule has 0 saturated heterocycles. The highest BCUT2D eigenvalue weighted by molar-refractivity contribution is 8.07. The predicted octanol–water partition coefficient (Wildman–Crippen LogP) is 4.76. The van der Waals surface area contributed by atoms with Gasteiger partial charge in [-0.2, -0.15) is 0 Å². The number of nitrogens with zero attached hydrogens (tertiary/aromatic N) is 5. The molecule has 0 fully saturated rings. The van der Waals surface area contributed by atoms with Crippen molar-refractivity contribution >= 4 is 35.8 Å². The van der Waals surface area contributed by atoms with Crippen molar-refractivity contribution in [3.05, 3.63) is 70.8 Å². The summed E-state index contributed by atoms with van der Waals surface area (Å²) in [5.74, 6) is 0.556. The highest BCUT2D eigenvalue weighted by atomic mass is 35.5. The average molecular weight is 466 g/mol. The molecule has 3 aromatic rings. The smallest absolute Gasteiger partial charge is 0.415 e. The largest absolute Gasteiger partial charge is 0.455 e. The van der Waals surface area contributed by atoms with Gasteiger partial charge in [-0.05, 0) is 44.5 Å². The molecular formula is C19H21ClN5O3PS. The number of hydrogen-bond donors (Lipinski definition) is 0. The molecule has 2 heterocycles. The van der Waals surface area contributed by atoms with E-state index in [0.29, 0.717) is 35.5 Å². The molecule has 1 atom stereocenters. The molecule has 0 aliphatic carbocycles. The lowest BCUT2D eigenvalue weighted by Gasteiger charge is -2.19. The third-order valence-electron chi connectivity index (χ3n) is 3.97. The van der Waals surface area contributed by atoms with Gasteiger partial charge in [-0.25, -0.2) is 9.67 Å². The molecule has 0 aliphatic heterocycles. The van der Waals surface area contributed by atoms with Crippen LogP contribution >= 0.6 is 18.3 Å². The van der Waals surface area contributed by atoms with Crippen molar-refractivity contribution in [1.82, 2.24) is 20.0 Å². The number of rotatable bonds is 9. The number of aromatic nitrogens is 4. The molecule has 0 aliphatic rings. The van der Waals surface area contributed by atoms with Crippen LogP contribution in [0.1, 0.15) is 30.8 Å². The van der Waals surface area contributed by atoms with Crippen molar-refractivity contribution < 1.29 is 13.7 Å². The first-order valence-electron chi connectivity index (χ1n) is 9.13. The van der Waals surface area contributed by atoms with Crippen molar-refractivity contribution in [2.24, 2.45) is 5.16 Å². The Labute approximate surface area is 185 Å². The zero-order chi connectivity index (χ0) is 21.6. The van der Waals surface area contributed by atoms with Crippen LogP contribution in [0.4, 0.5) is 0 Å². The van der Waals surface area contributed by atoms with E-state index in [9.17, 15) is 0 Å². The summed E-state index contributed by atoms with van der Waals surface area (Å²) in [6.07, 6.45) is 1.70. The Morgan fingerprint density at radius 3 is 2.67 bits per heavy atom. The van der Waals surface area contributed by atoms with Crippen LogP contribution in [0.2, 0.25) is 5.15 Å². The van der Waals surface area contributed by atoms with Crippen molar-refractivity contribution in [3.63, 3.8) is 0 Å². The SMILES string of the molecule is CCOP(=S)(O/N=C(\C)c1nnn(Cc2ccc(Cl)nc2)c1C)Oc1ccccc1. The van der Waals surface area contributed by atoms with E-state index in [1.165, 1.54) is 0 Å². The van der Waals surface area contributed by atoms with E-state index in [2.05, 4.69) is 20.5 Å². The van der Waals surface area contributed by atoms with E-state index < -0.39 is 6.72 Å². The van der Waals surface area contributed by atoms with Crippen molar-refractivity contribution in [3.8, 4) is 5.75 Å². The monoisotopic (exact) mass is 465 g/mol. The molecule has 0 radical (unpaired) electrons. The van der Waals surface area contributed by atoms with Crippen molar-refractivity contribution in [2.45, 2.75) is 27.3 Å². The Morgan fingerprint density at radius 2 is 2.00 bits per heavy atom. The van der Waals surface area contributed by atoms with Gasteiger partial charge in [-0.1, -0.05) is 46.2 Å². The minimum atomic E-state index is -3.11. The first-order chi connectivity index (χ1) is 14.4. The van der Waals surface area contributed by atoms with Crippen LogP contribution < -0.4 is 4.52 Å². The number of oxime groups is 1. The molecule has 0 saturated carbocycles. The summed E-state index contributed by atoms with van der Waals surface area (Å²) in [7, 11) is 0. The molecule has 0 spiro atoms. The normalized spacial score (nSPS) is 13.7. The van der Waals surface area contributed by atoms with Crippen LogP contribution in [-0.2, 0) is 27.5 Å². The minimum absolute atomic E-state index is 0.336. The molecule has 0 N–H and O–H groups in total. The van der Waals surface area contributed by atoms with Crippen LogP contribution in [0, 0.1) is 6.92 Å². The van der Waals surface area contributed by atoms with Gasteiger partial charge in [-0.3, -0.25) is 4.52 Å². The fourth-order valence-electron chi connectivity index (χ4n) is 2.51. The van der Waals surface area contributed by atoms with Gasteiger partial charge in [0.2, 0.25) is 0 Å². The first kappa shape index (κ1) is 22.4. The summed E-state index contributed by atoms with van der Waals surface area (Å²) < 4.78 is 18.6. The van der Waals surface area contributed by atoms with Gasteiger partial charge in [-0.15, -0.1) is 5.10 Å². The minimum Gasteiger partial charge on any atom is -0.415 e. The lowest BCUT2D eigenvalue weighted by Crippen LogP contribution is -2.06. The zero-order valence-corrected chi connectivity index (χ0v) is 19.2. The van der Waals surface area contributed by atoms with E-state index in [1.54, 1.807) is 36.0 Å². The van der Waals surface area contributed by atoms with Gasteiger partial charge in [0.25, 0.3) is 0 Å². The first-order valence-corrected chi connectivity index (χ1v) is 12.1. The van der Waals surface area contributed by atoms with E-state index in [1.807, 2.05) is 38.1 Å². The maximum atomic E-state index is 5.83. The van der Waals surface area contributed by atoms with E-state index in [4.69, 9.17) is 37.1 Å². The van der Waals surface area contributed by atoms with Crippen LogP contribution in [0.5, 0.6) is 5.75 Å². The lowest BCUT2D eigenvalue weighted by molar-refractivity contribution is 0.216. The maximum Gasteiger partial charge on any atom is 0.455 e. The summed E-state index contributed by atoms with van der Waals surface area (Å²) in [5, 5.41) is 13.0. The Balaban J connectivity index is 1.74. The molecule has 11 heteroatoms. The third kappa shape index (κ3) is 5.86. The molecule has 1 aromatic carbocycles. The molecule has 0 amide bonds. The quantitative estimate of drug-likeness (QED) is 0.195. The highest BCUT2D eigenvalue weighted by Crippen LogP contribution is 2.50. The average Bonchev–Trinajstić information content (AvgIpc) is 3.09.